The lowest BCUT2D eigenvalue weighted by Gasteiger charge is -2.21. The first-order valence-corrected chi connectivity index (χ1v) is 9.63. The summed E-state index contributed by atoms with van der Waals surface area (Å²) in [4.78, 5) is 23.7. The van der Waals surface area contributed by atoms with Gasteiger partial charge in [0.15, 0.2) is 11.5 Å². The van der Waals surface area contributed by atoms with Crippen molar-refractivity contribution in [2.24, 2.45) is 5.10 Å². The molecule has 2 aromatic carbocycles. The number of rotatable bonds is 7. The van der Waals surface area contributed by atoms with E-state index < -0.39 is 6.23 Å². The van der Waals surface area contributed by atoms with Gasteiger partial charge in [0.2, 0.25) is 29.7 Å². The third-order valence-corrected chi connectivity index (χ3v) is 4.70. The molecule has 1 atom stereocenters. The Labute approximate surface area is 185 Å². The van der Waals surface area contributed by atoms with Crippen LogP contribution in [0, 0.1) is 0 Å². The summed E-state index contributed by atoms with van der Waals surface area (Å²) in [6.07, 6.45) is -0.850. The van der Waals surface area contributed by atoms with Gasteiger partial charge in [-0.2, -0.15) is 5.01 Å². The molecule has 1 aliphatic heterocycles. The van der Waals surface area contributed by atoms with Gasteiger partial charge in [-0.3, -0.25) is 9.59 Å². The van der Waals surface area contributed by atoms with Crippen molar-refractivity contribution >= 4 is 23.4 Å². The third kappa shape index (κ3) is 4.39. The Balaban J connectivity index is 2.00. The minimum absolute atomic E-state index is 0.214. The van der Waals surface area contributed by atoms with E-state index >= 15 is 0 Å². The molecule has 170 valence electrons. The molecule has 0 saturated heterocycles. The van der Waals surface area contributed by atoms with E-state index in [-0.39, 0.29) is 17.7 Å². The first-order valence-electron chi connectivity index (χ1n) is 9.63. The Morgan fingerprint density at radius 1 is 0.938 bits per heavy atom. The molecule has 2 aromatic rings. The number of ether oxygens (including phenoxy) is 5. The van der Waals surface area contributed by atoms with E-state index in [2.05, 4.69) is 10.4 Å². The highest BCUT2D eigenvalue weighted by atomic mass is 16.5. The number of anilines is 1. The van der Waals surface area contributed by atoms with Crippen molar-refractivity contribution in [1.29, 1.82) is 0 Å². The van der Waals surface area contributed by atoms with Crippen LogP contribution in [0.4, 0.5) is 5.69 Å². The first-order chi connectivity index (χ1) is 15.3. The van der Waals surface area contributed by atoms with E-state index in [0.29, 0.717) is 39.8 Å². The molecule has 10 nitrogen and oxygen atoms in total. The van der Waals surface area contributed by atoms with Crippen LogP contribution in [0.1, 0.15) is 31.2 Å². The number of amides is 2. The van der Waals surface area contributed by atoms with Gasteiger partial charge in [0.05, 0.1) is 34.1 Å². The van der Waals surface area contributed by atoms with E-state index in [0.717, 1.165) is 0 Å². The second-order valence-corrected chi connectivity index (χ2v) is 6.79. The molecule has 0 spiro atoms. The first kappa shape index (κ1) is 22.7. The Bertz CT molecular complexity index is 1040. The van der Waals surface area contributed by atoms with Gasteiger partial charge in [-0.15, -0.1) is 5.10 Å². The minimum atomic E-state index is -0.850. The fourth-order valence-electron chi connectivity index (χ4n) is 3.26. The maximum Gasteiger partial charge on any atom is 0.243 e. The smallest absolute Gasteiger partial charge is 0.243 e. The summed E-state index contributed by atoms with van der Waals surface area (Å²) in [5.74, 6) is 1.36. The monoisotopic (exact) mass is 443 g/mol. The van der Waals surface area contributed by atoms with Crippen molar-refractivity contribution in [2.45, 2.75) is 20.1 Å². The second kappa shape index (κ2) is 9.46. The van der Waals surface area contributed by atoms with Crippen LogP contribution >= 0.6 is 0 Å². The van der Waals surface area contributed by atoms with Crippen LogP contribution in [0.2, 0.25) is 0 Å². The third-order valence-electron chi connectivity index (χ3n) is 4.70. The summed E-state index contributed by atoms with van der Waals surface area (Å²) < 4.78 is 27.6. The molecule has 1 unspecified atom stereocenters. The minimum Gasteiger partial charge on any atom is -0.495 e. The van der Waals surface area contributed by atoms with Crippen LogP contribution in [-0.4, -0.2) is 51.2 Å². The Kier molecular flexibility index (Phi) is 6.72. The summed E-state index contributed by atoms with van der Waals surface area (Å²) in [6, 6.07) is 8.44. The average Bonchev–Trinajstić information content (AvgIpc) is 3.23. The second-order valence-electron chi connectivity index (χ2n) is 6.79. The Hall–Kier alpha value is -3.95. The topological polar surface area (TPSA) is 108 Å². The van der Waals surface area contributed by atoms with Crippen LogP contribution in [0.25, 0.3) is 0 Å². The van der Waals surface area contributed by atoms with Crippen molar-refractivity contribution < 1.29 is 33.3 Å². The summed E-state index contributed by atoms with van der Waals surface area (Å²) in [6.45, 7) is 2.80. The zero-order valence-corrected chi connectivity index (χ0v) is 18.7. The van der Waals surface area contributed by atoms with Gasteiger partial charge in [-0.1, -0.05) is 0 Å². The maximum atomic E-state index is 12.3. The highest BCUT2D eigenvalue weighted by Crippen LogP contribution is 2.42. The normalized spacial score (nSPS) is 14.9. The van der Waals surface area contributed by atoms with Crippen molar-refractivity contribution in [3.63, 3.8) is 0 Å². The van der Waals surface area contributed by atoms with Gasteiger partial charge < -0.3 is 29.0 Å². The molecule has 1 heterocycles. The lowest BCUT2D eigenvalue weighted by atomic mass is 10.1. The molecule has 10 heteroatoms. The van der Waals surface area contributed by atoms with Crippen molar-refractivity contribution in [3.05, 3.63) is 41.5 Å². The number of carbonyl (C=O) groups is 2. The average molecular weight is 443 g/mol. The van der Waals surface area contributed by atoms with Gasteiger partial charge in [-0.05, 0) is 30.3 Å². The molecule has 0 saturated carbocycles. The molecular formula is C22H25N3O7. The number of nitrogens with zero attached hydrogens (tertiary/aromatic N) is 2. The lowest BCUT2D eigenvalue weighted by molar-refractivity contribution is -0.135. The zero-order valence-electron chi connectivity index (χ0n) is 18.7. The summed E-state index contributed by atoms with van der Waals surface area (Å²) in [7, 11) is 6.00. The highest BCUT2D eigenvalue weighted by molar-refractivity contribution is 5.98. The standard InChI is InChI=1S/C22H25N3O7/c1-12(26)23-16-8-7-14(9-17(16)28-3)21-24-25(13(2)27)22(32-21)15-10-18(29-4)20(31-6)19(11-15)30-5/h7-11,22H,1-6H3,(H,23,26). The highest BCUT2D eigenvalue weighted by Gasteiger charge is 2.35. The number of carbonyl (C=O) groups excluding carboxylic acids is 2. The number of methoxy groups -OCH3 is 4. The largest absolute Gasteiger partial charge is 0.495 e. The number of benzene rings is 2. The predicted molar refractivity (Wildman–Crippen MR) is 116 cm³/mol. The molecular weight excluding hydrogens is 418 g/mol. The van der Waals surface area contributed by atoms with Gasteiger partial charge in [0.1, 0.15) is 5.75 Å². The Morgan fingerprint density at radius 3 is 2.06 bits per heavy atom. The molecule has 0 bridgehead atoms. The van der Waals surface area contributed by atoms with Crippen LogP contribution < -0.4 is 24.3 Å². The van der Waals surface area contributed by atoms with Gasteiger partial charge in [-0.25, -0.2) is 0 Å². The SMILES string of the molecule is COc1cc(C2=NN(C(C)=O)C(c3cc(OC)c(OC)c(OC)c3)O2)ccc1NC(C)=O. The molecule has 0 aromatic heterocycles. The molecule has 2 amide bonds. The van der Waals surface area contributed by atoms with E-state index in [4.69, 9.17) is 23.7 Å². The molecule has 0 fully saturated rings. The molecule has 0 aliphatic carbocycles. The van der Waals surface area contributed by atoms with Gasteiger partial charge in [0.25, 0.3) is 0 Å². The van der Waals surface area contributed by atoms with Crippen LogP contribution in [-0.2, 0) is 14.3 Å². The fraction of sp³-hybridized carbons (Fsp3) is 0.318. The number of hydrazone groups is 1. The molecule has 3 rings (SSSR count). The van der Waals surface area contributed by atoms with E-state index in [9.17, 15) is 9.59 Å². The van der Waals surface area contributed by atoms with Gasteiger partial charge >= 0.3 is 0 Å². The van der Waals surface area contributed by atoms with Gasteiger partial charge in [0, 0.05) is 25.0 Å². The summed E-state index contributed by atoms with van der Waals surface area (Å²) >= 11 is 0. The zero-order chi connectivity index (χ0) is 23.4. The fourth-order valence-corrected chi connectivity index (χ4v) is 3.26. The number of hydrogen-bond donors (Lipinski definition) is 1. The predicted octanol–water partition coefficient (Wildman–Crippen LogP) is 2.92. The molecule has 1 aliphatic rings. The Morgan fingerprint density at radius 2 is 1.56 bits per heavy atom. The lowest BCUT2D eigenvalue weighted by Crippen LogP contribution is -2.25. The van der Waals surface area contributed by atoms with Crippen molar-refractivity contribution in [1.82, 2.24) is 5.01 Å². The number of hydrogen-bond acceptors (Lipinski definition) is 8. The quantitative estimate of drug-likeness (QED) is 0.701. The van der Waals surface area contributed by atoms with Crippen LogP contribution in [0.15, 0.2) is 35.4 Å². The van der Waals surface area contributed by atoms with Crippen molar-refractivity contribution in [3.8, 4) is 23.0 Å². The van der Waals surface area contributed by atoms with Crippen LogP contribution in [0.3, 0.4) is 0 Å². The van der Waals surface area contributed by atoms with E-state index in [1.807, 2.05) is 0 Å². The molecule has 1 N–H and O–H groups in total. The van der Waals surface area contributed by atoms with E-state index in [1.165, 1.54) is 47.3 Å². The number of nitrogens with one attached hydrogen (secondary N) is 1. The van der Waals surface area contributed by atoms with Crippen LogP contribution in [0.5, 0.6) is 23.0 Å². The molecule has 0 radical (unpaired) electrons. The van der Waals surface area contributed by atoms with Crippen molar-refractivity contribution in [2.75, 3.05) is 33.8 Å². The summed E-state index contributed by atoms with van der Waals surface area (Å²) in [5.41, 5.74) is 1.65. The summed E-state index contributed by atoms with van der Waals surface area (Å²) in [5, 5.41) is 8.28. The van der Waals surface area contributed by atoms with E-state index in [1.54, 1.807) is 30.3 Å². The molecule has 32 heavy (non-hydrogen) atoms. The maximum absolute atomic E-state index is 12.3.